The van der Waals surface area contributed by atoms with E-state index in [-0.39, 0.29) is 6.03 Å². The van der Waals surface area contributed by atoms with E-state index >= 15 is 0 Å². The number of nitrogens with one attached hydrogen (secondary N) is 2. The number of hydrogen-bond donors (Lipinski definition) is 2. The number of hydrogen-bond acceptors (Lipinski definition) is 2. The molecule has 0 spiro atoms. The topological polar surface area (TPSA) is 44.4 Å². The Balaban J connectivity index is 1.70. The van der Waals surface area contributed by atoms with Gasteiger partial charge in [0.1, 0.15) is 0 Å². The second kappa shape index (κ2) is 5.58. The summed E-state index contributed by atoms with van der Waals surface area (Å²) in [4.78, 5) is 13.6. The molecule has 1 heterocycles. The molecule has 2 fully saturated rings. The zero-order chi connectivity index (χ0) is 14.9. The molecule has 1 saturated carbocycles. The Kier molecular flexibility index (Phi) is 3.79. The summed E-state index contributed by atoms with van der Waals surface area (Å²) in [5, 5.41) is 6.50. The molecule has 0 bridgehead atoms. The van der Waals surface area contributed by atoms with Crippen molar-refractivity contribution in [1.29, 1.82) is 0 Å². The van der Waals surface area contributed by atoms with Crippen LogP contribution in [0.15, 0.2) is 24.3 Å². The molecule has 1 aromatic rings. The first kappa shape index (κ1) is 14.2. The zero-order valence-corrected chi connectivity index (χ0v) is 13.0. The first-order valence-corrected chi connectivity index (χ1v) is 7.95. The lowest BCUT2D eigenvalue weighted by atomic mass is 9.75. The lowest BCUT2D eigenvalue weighted by Crippen LogP contribution is -2.32. The van der Waals surface area contributed by atoms with Crippen molar-refractivity contribution in [3.05, 3.63) is 24.3 Å². The fraction of sp³-hybridized carbons (Fsp3) is 0.588. The van der Waals surface area contributed by atoms with Crippen LogP contribution in [0.3, 0.4) is 0 Å². The Morgan fingerprint density at radius 2 is 2.24 bits per heavy atom. The van der Waals surface area contributed by atoms with Crippen molar-refractivity contribution >= 4 is 17.4 Å². The van der Waals surface area contributed by atoms with Gasteiger partial charge in [-0.2, -0.15) is 0 Å². The number of rotatable bonds is 3. The van der Waals surface area contributed by atoms with E-state index in [1.54, 1.807) is 4.90 Å². The molecular weight excluding hydrogens is 262 g/mol. The zero-order valence-electron chi connectivity index (χ0n) is 13.0. The maximum atomic E-state index is 11.8. The van der Waals surface area contributed by atoms with E-state index in [2.05, 4.69) is 36.6 Å². The van der Waals surface area contributed by atoms with Crippen LogP contribution in [0.2, 0.25) is 0 Å². The summed E-state index contributed by atoms with van der Waals surface area (Å²) < 4.78 is 0. The predicted molar refractivity (Wildman–Crippen MR) is 86.8 cm³/mol. The van der Waals surface area contributed by atoms with Crippen LogP contribution in [0.5, 0.6) is 0 Å². The van der Waals surface area contributed by atoms with Crippen LogP contribution in [0, 0.1) is 5.41 Å². The van der Waals surface area contributed by atoms with Gasteiger partial charge in [-0.15, -0.1) is 0 Å². The van der Waals surface area contributed by atoms with E-state index < -0.39 is 0 Å². The smallest absolute Gasteiger partial charge is 0.321 e. The highest BCUT2D eigenvalue weighted by atomic mass is 16.2. The van der Waals surface area contributed by atoms with Crippen molar-refractivity contribution in [3.63, 3.8) is 0 Å². The molecule has 1 aromatic carbocycles. The Hall–Kier alpha value is -1.71. The van der Waals surface area contributed by atoms with Gasteiger partial charge in [0.15, 0.2) is 0 Å². The highest BCUT2D eigenvalue weighted by molar-refractivity contribution is 5.94. The van der Waals surface area contributed by atoms with Gasteiger partial charge in [-0.1, -0.05) is 26.3 Å². The Morgan fingerprint density at radius 3 is 2.95 bits per heavy atom. The minimum atomic E-state index is 0.00551. The minimum Gasteiger partial charge on any atom is -0.382 e. The number of anilines is 2. The Bertz CT molecular complexity index is 527. The van der Waals surface area contributed by atoms with Gasteiger partial charge in [0.25, 0.3) is 0 Å². The molecule has 0 aromatic heterocycles. The molecule has 1 atom stereocenters. The molecule has 1 aliphatic heterocycles. The van der Waals surface area contributed by atoms with Crippen molar-refractivity contribution in [3.8, 4) is 0 Å². The molecule has 2 N–H and O–H groups in total. The van der Waals surface area contributed by atoms with Crippen molar-refractivity contribution in [2.24, 2.45) is 5.41 Å². The number of carbonyl (C=O) groups excluding carboxylic acids is 1. The summed E-state index contributed by atoms with van der Waals surface area (Å²) in [6.07, 6.45) is 5.05. The van der Waals surface area contributed by atoms with Gasteiger partial charge in [0.2, 0.25) is 0 Å². The minimum absolute atomic E-state index is 0.00551. The standard InChI is InChI=1S/C17H25N3O/c1-17(2)8-4-6-14(12-17)19-13-5-3-7-15(11-13)20-10-9-18-16(20)21/h3,5,7,11,14,19H,4,6,8-10,12H2,1-2H3,(H,18,21). The predicted octanol–water partition coefficient (Wildman–Crippen LogP) is 3.60. The van der Waals surface area contributed by atoms with E-state index in [0.717, 1.165) is 24.5 Å². The third-order valence-corrected chi connectivity index (χ3v) is 4.59. The van der Waals surface area contributed by atoms with Crippen molar-refractivity contribution in [2.45, 2.75) is 45.6 Å². The number of carbonyl (C=O) groups is 1. The summed E-state index contributed by atoms with van der Waals surface area (Å²) in [5.74, 6) is 0. The van der Waals surface area contributed by atoms with E-state index in [4.69, 9.17) is 0 Å². The molecule has 114 valence electrons. The number of benzene rings is 1. The highest BCUT2D eigenvalue weighted by Gasteiger charge is 2.28. The van der Waals surface area contributed by atoms with Gasteiger partial charge in [-0.25, -0.2) is 4.79 Å². The maximum Gasteiger partial charge on any atom is 0.321 e. The summed E-state index contributed by atoms with van der Waals surface area (Å²) in [6.45, 7) is 6.18. The van der Waals surface area contributed by atoms with Crippen molar-refractivity contribution in [2.75, 3.05) is 23.3 Å². The first-order valence-electron chi connectivity index (χ1n) is 7.95. The van der Waals surface area contributed by atoms with Crippen LogP contribution < -0.4 is 15.5 Å². The molecule has 0 radical (unpaired) electrons. The average molecular weight is 287 g/mol. The maximum absolute atomic E-state index is 11.8. The lowest BCUT2D eigenvalue weighted by Gasteiger charge is -2.36. The van der Waals surface area contributed by atoms with Crippen LogP contribution in [0.1, 0.15) is 39.5 Å². The molecule has 4 heteroatoms. The monoisotopic (exact) mass is 287 g/mol. The van der Waals surface area contributed by atoms with Crippen LogP contribution in [-0.4, -0.2) is 25.2 Å². The normalized spacial score (nSPS) is 24.8. The summed E-state index contributed by atoms with van der Waals surface area (Å²) in [5.41, 5.74) is 2.53. The van der Waals surface area contributed by atoms with Crippen LogP contribution in [0.4, 0.5) is 16.2 Å². The third kappa shape index (κ3) is 3.31. The molecule has 1 saturated heterocycles. The van der Waals surface area contributed by atoms with Gasteiger partial charge in [-0.05, 0) is 42.9 Å². The Morgan fingerprint density at radius 1 is 1.38 bits per heavy atom. The number of urea groups is 1. The van der Waals surface area contributed by atoms with Crippen LogP contribution in [0.25, 0.3) is 0 Å². The first-order chi connectivity index (χ1) is 10.0. The largest absolute Gasteiger partial charge is 0.382 e. The van der Waals surface area contributed by atoms with Crippen molar-refractivity contribution in [1.82, 2.24) is 5.32 Å². The average Bonchev–Trinajstić information content (AvgIpc) is 2.84. The third-order valence-electron chi connectivity index (χ3n) is 4.59. The fourth-order valence-corrected chi connectivity index (χ4v) is 3.54. The summed E-state index contributed by atoms with van der Waals surface area (Å²) in [7, 11) is 0. The van der Waals surface area contributed by atoms with E-state index in [0.29, 0.717) is 11.5 Å². The second-order valence-electron chi connectivity index (χ2n) is 7.04. The van der Waals surface area contributed by atoms with Gasteiger partial charge in [0, 0.05) is 30.5 Å². The van der Waals surface area contributed by atoms with Crippen molar-refractivity contribution < 1.29 is 4.79 Å². The fourth-order valence-electron chi connectivity index (χ4n) is 3.54. The van der Waals surface area contributed by atoms with E-state index in [1.807, 2.05) is 12.1 Å². The van der Waals surface area contributed by atoms with E-state index in [9.17, 15) is 4.79 Å². The Labute approximate surface area is 126 Å². The van der Waals surface area contributed by atoms with E-state index in [1.165, 1.54) is 25.7 Å². The molecule has 1 unspecified atom stereocenters. The van der Waals surface area contributed by atoms with Crippen LogP contribution >= 0.6 is 0 Å². The molecule has 21 heavy (non-hydrogen) atoms. The summed E-state index contributed by atoms with van der Waals surface area (Å²) in [6, 6.07) is 8.76. The van der Waals surface area contributed by atoms with Gasteiger partial charge < -0.3 is 10.6 Å². The molecule has 1 aliphatic carbocycles. The summed E-state index contributed by atoms with van der Waals surface area (Å²) >= 11 is 0. The van der Waals surface area contributed by atoms with Crippen LogP contribution in [-0.2, 0) is 0 Å². The molecule has 2 aliphatic rings. The van der Waals surface area contributed by atoms with Gasteiger partial charge in [0.05, 0.1) is 0 Å². The molecule has 2 amide bonds. The number of amides is 2. The highest BCUT2D eigenvalue weighted by Crippen LogP contribution is 2.36. The number of nitrogens with zero attached hydrogens (tertiary/aromatic N) is 1. The second-order valence-corrected chi connectivity index (χ2v) is 7.04. The molecule has 3 rings (SSSR count). The quantitative estimate of drug-likeness (QED) is 0.892. The molecule has 4 nitrogen and oxygen atoms in total. The lowest BCUT2D eigenvalue weighted by molar-refractivity contribution is 0.229. The SMILES string of the molecule is CC1(C)CCCC(Nc2cccc(N3CCNC3=O)c2)C1. The van der Waals surface area contributed by atoms with Gasteiger partial charge >= 0.3 is 6.03 Å². The van der Waals surface area contributed by atoms with Gasteiger partial charge in [-0.3, -0.25) is 4.90 Å². The molecular formula is C17H25N3O.